The summed E-state index contributed by atoms with van der Waals surface area (Å²) in [4.78, 5) is 4.33. The van der Waals surface area contributed by atoms with Crippen LogP contribution in [-0.4, -0.2) is 23.7 Å². The molecule has 0 bridgehead atoms. The maximum Gasteiger partial charge on any atom is 0.259 e. The number of halogens is 1. The van der Waals surface area contributed by atoms with Gasteiger partial charge in [-0.15, -0.1) is 0 Å². The van der Waals surface area contributed by atoms with Gasteiger partial charge >= 0.3 is 0 Å². The highest BCUT2D eigenvalue weighted by Crippen LogP contribution is 2.26. The molecule has 1 heterocycles. The molecule has 0 spiro atoms. The molecule has 1 aromatic heterocycles. The second-order valence-corrected chi connectivity index (χ2v) is 4.20. The van der Waals surface area contributed by atoms with Crippen LogP contribution in [0.5, 0.6) is 0 Å². The quantitative estimate of drug-likeness (QED) is 0.934. The summed E-state index contributed by atoms with van der Waals surface area (Å²) in [6.07, 6.45) is 0.768. The van der Waals surface area contributed by atoms with Gasteiger partial charge in [0.2, 0.25) is 0 Å². The van der Waals surface area contributed by atoms with Gasteiger partial charge in [0.05, 0.1) is 5.56 Å². The van der Waals surface area contributed by atoms with E-state index < -0.39 is 0 Å². The third-order valence-electron chi connectivity index (χ3n) is 2.17. The second-order valence-electron chi connectivity index (χ2n) is 3.35. The van der Waals surface area contributed by atoms with Crippen LogP contribution in [0, 0.1) is 0 Å². The molecule has 0 radical (unpaired) electrons. The number of rotatable bonds is 4. The molecule has 1 aromatic carbocycles. The van der Waals surface area contributed by atoms with Crippen molar-refractivity contribution in [2.24, 2.45) is 0 Å². The third kappa shape index (κ3) is 2.48. The van der Waals surface area contributed by atoms with Gasteiger partial charge in [0, 0.05) is 17.4 Å². The zero-order valence-electron chi connectivity index (χ0n) is 8.90. The van der Waals surface area contributed by atoms with Crippen LogP contribution in [-0.2, 0) is 6.42 Å². The Balaban J connectivity index is 2.22. The molecule has 5 heteroatoms. The van der Waals surface area contributed by atoms with E-state index in [-0.39, 0.29) is 0 Å². The Morgan fingerprint density at radius 2 is 2.19 bits per heavy atom. The lowest BCUT2D eigenvalue weighted by atomic mass is 10.2. The predicted molar refractivity (Wildman–Crippen MR) is 65.1 cm³/mol. The van der Waals surface area contributed by atoms with Gasteiger partial charge in [0.1, 0.15) is 0 Å². The molecule has 0 atom stereocenters. The molecule has 4 nitrogen and oxygen atoms in total. The fraction of sp³-hybridized carbons (Fsp3) is 0.273. The van der Waals surface area contributed by atoms with Crippen LogP contribution in [0.2, 0.25) is 0 Å². The topological polar surface area (TPSA) is 51.0 Å². The van der Waals surface area contributed by atoms with E-state index in [4.69, 9.17) is 4.52 Å². The van der Waals surface area contributed by atoms with Crippen molar-refractivity contribution in [2.75, 3.05) is 13.6 Å². The van der Waals surface area contributed by atoms with Gasteiger partial charge < -0.3 is 9.84 Å². The summed E-state index contributed by atoms with van der Waals surface area (Å²) in [6.45, 7) is 0.842. The minimum absolute atomic E-state index is 0.554. The molecule has 1 N–H and O–H groups in total. The highest BCUT2D eigenvalue weighted by atomic mass is 79.9. The first-order chi connectivity index (χ1) is 7.81. The van der Waals surface area contributed by atoms with Gasteiger partial charge in [-0.25, -0.2) is 0 Å². The van der Waals surface area contributed by atoms with Gasteiger partial charge in [0.25, 0.3) is 5.89 Å². The molecule has 84 valence electrons. The molecule has 0 saturated carbocycles. The lowest BCUT2D eigenvalue weighted by molar-refractivity contribution is 0.422. The van der Waals surface area contributed by atoms with Crippen LogP contribution in [0.1, 0.15) is 5.82 Å². The summed E-state index contributed by atoms with van der Waals surface area (Å²) in [6, 6.07) is 7.79. The predicted octanol–water partition coefficient (Wildman–Crippen LogP) is 2.26. The Kier molecular flexibility index (Phi) is 3.69. The first-order valence-corrected chi connectivity index (χ1v) is 5.82. The van der Waals surface area contributed by atoms with E-state index in [0.29, 0.717) is 5.89 Å². The van der Waals surface area contributed by atoms with E-state index in [1.54, 1.807) is 0 Å². The van der Waals surface area contributed by atoms with Crippen LogP contribution < -0.4 is 5.32 Å². The Morgan fingerprint density at radius 1 is 1.38 bits per heavy atom. The maximum absolute atomic E-state index is 5.21. The van der Waals surface area contributed by atoms with Crippen molar-refractivity contribution in [1.82, 2.24) is 15.5 Å². The Hall–Kier alpha value is -1.20. The Bertz CT molecular complexity index is 470. The summed E-state index contributed by atoms with van der Waals surface area (Å²) in [7, 11) is 1.90. The average Bonchev–Trinajstić information content (AvgIpc) is 2.75. The molecule has 16 heavy (non-hydrogen) atoms. The van der Waals surface area contributed by atoms with Crippen LogP contribution in [0.15, 0.2) is 33.3 Å². The molecule has 0 saturated heterocycles. The number of likely N-dealkylation sites (N-methyl/N-ethyl adjacent to an activating group) is 1. The first-order valence-electron chi connectivity index (χ1n) is 5.03. The molecule has 0 unspecified atom stereocenters. The van der Waals surface area contributed by atoms with Gasteiger partial charge in [-0.1, -0.05) is 17.3 Å². The highest BCUT2D eigenvalue weighted by molar-refractivity contribution is 9.10. The monoisotopic (exact) mass is 281 g/mol. The van der Waals surface area contributed by atoms with Crippen molar-refractivity contribution in [3.8, 4) is 11.5 Å². The minimum atomic E-state index is 0.554. The van der Waals surface area contributed by atoms with Gasteiger partial charge in [0.15, 0.2) is 5.82 Å². The van der Waals surface area contributed by atoms with Crippen molar-refractivity contribution < 1.29 is 4.52 Å². The van der Waals surface area contributed by atoms with Crippen LogP contribution in [0.25, 0.3) is 11.5 Å². The number of benzene rings is 1. The fourth-order valence-corrected chi connectivity index (χ4v) is 1.79. The van der Waals surface area contributed by atoms with Crippen molar-refractivity contribution >= 4 is 15.9 Å². The van der Waals surface area contributed by atoms with Crippen LogP contribution in [0.4, 0.5) is 0 Å². The Morgan fingerprint density at radius 3 is 2.94 bits per heavy atom. The van der Waals surface area contributed by atoms with Gasteiger partial charge in [-0.3, -0.25) is 0 Å². The molecule has 2 aromatic rings. The van der Waals surface area contributed by atoms with Gasteiger partial charge in [-0.2, -0.15) is 4.98 Å². The molecule has 0 aliphatic rings. The van der Waals surface area contributed by atoms with E-state index in [0.717, 1.165) is 28.8 Å². The molecule has 2 rings (SSSR count). The molecular weight excluding hydrogens is 270 g/mol. The van der Waals surface area contributed by atoms with Crippen molar-refractivity contribution in [3.63, 3.8) is 0 Å². The normalized spacial score (nSPS) is 10.6. The standard InChI is InChI=1S/C11H12BrN3O/c1-13-7-6-10-14-11(16-15-10)8-4-2-3-5-9(8)12/h2-5,13H,6-7H2,1H3. The average molecular weight is 282 g/mol. The van der Waals surface area contributed by atoms with E-state index in [2.05, 4.69) is 31.4 Å². The molecule has 0 aliphatic carbocycles. The summed E-state index contributed by atoms with van der Waals surface area (Å²) < 4.78 is 6.17. The number of hydrogen-bond acceptors (Lipinski definition) is 4. The van der Waals surface area contributed by atoms with E-state index in [1.165, 1.54) is 0 Å². The summed E-state index contributed by atoms with van der Waals surface area (Å²) >= 11 is 3.45. The zero-order valence-corrected chi connectivity index (χ0v) is 10.5. The fourth-order valence-electron chi connectivity index (χ4n) is 1.34. The molecule has 0 fully saturated rings. The zero-order chi connectivity index (χ0) is 11.4. The number of hydrogen-bond donors (Lipinski definition) is 1. The van der Waals surface area contributed by atoms with Crippen LogP contribution in [0.3, 0.4) is 0 Å². The maximum atomic E-state index is 5.21. The first kappa shape index (κ1) is 11.3. The minimum Gasteiger partial charge on any atom is -0.334 e. The summed E-state index contributed by atoms with van der Waals surface area (Å²) in [5.41, 5.74) is 0.922. The molecular formula is C11H12BrN3O. The molecule has 0 amide bonds. The van der Waals surface area contributed by atoms with Crippen molar-refractivity contribution in [3.05, 3.63) is 34.6 Å². The highest BCUT2D eigenvalue weighted by Gasteiger charge is 2.10. The van der Waals surface area contributed by atoms with Crippen molar-refractivity contribution in [1.29, 1.82) is 0 Å². The number of nitrogens with zero attached hydrogens (tertiary/aromatic N) is 2. The Labute approximate surface area is 102 Å². The lowest BCUT2D eigenvalue weighted by Gasteiger charge is -1.96. The summed E-state index contributed by atoms with van der Waals surface area (Å²) in [5, 5.41) is 6.97. The molecule has 0 aliphatic heterocycles. The van der Waals surface area contributed by atoms with Crippen LogP contribution >= 0.6 is 15.9 Å². The van der Waals surface area contributed by atoms with Gasteiger partial charge in [-0.05, 0) is 35.1 Å². The SMILES string of the molecule is CNCCc1noc(-c2ccccc2Br)n1. The number of aromatic nitrogens is 2. The van der Waals surface area contributed by atoms with E-state index in [9.17, 15) is 0 Å². The van der Waals surface area contributed by atoms with E-state index >= 15 is 0 Å². The third-order valence-corrected chi connectivity index (χ3v) is 2.86. The second kappa shape index (κ2) is 5.23. The lowest BCUT2D eigenvalue weighted by Crippen LogP contribution is -2.10. The number of nitrogens with one attached hydrogen (secondary N) is 1. The van der Waals surface area contributed by atoms with Crippen molar-refractivity contribution in [2.45, 2.75) is 6.42 Å². The smallest absolute Gasteiger partial charge is 0.259 e. The summed E-state index contributed by atoms with van der Waals surface area (Å²) in [5.74, 6) is 1.28. The van der Waals surface area contributed by atoms with E-state index in [1.807, 2.05) is 31.3 Å². The largest absolute Gasteiger partial charge is 0.334 e.